The number of aromatic nitrogens is 4. The number of hydrogen-bond donors (Lipinski definition) is 4. The van der Waals surface area contributed by atoms with Gasteiger partial charge in [0.05, 0.1) is 33.6 Å². The van der Waals surface area contributed by atoms with Crippen molar-refractivity contribution >= 4 is 130 Å². The Balaban J connectivity index is 0.934. The van der Waals surface area contributed by atoms with E-state index in [9.17, 15) is 36.0 Å². The van der Waals surface area contributed by atoms with Crippen molar-refractivity contribution in [1.29, 1.82) is 0 Å². The summed E-state index contributed by atoms with van der Waals surface area (Å²) < 4.78 is 66.7. The lowest BCUT2D eigenvalue weighted by Crippen LogP contribution is -2.37. The van der Waals surface area contributed by atoms with E-state index < -0.39 is 37.6 Å². The second-order valence-corrected chi connectivity index (χ2v) is 22.3. The third-order valence-corrected chi connectivity index (χ3v) is 16.0. The highest BCUT2D eigenvalue weighted by Crippen LogP contribution is 2.46. The number of nitrogens with zero attached hydrogens (tertiary/aromatic N) is 6. The number of pyridine rings is 2. The van der Waals surface area contributed by atoms with Crippen molar-refractivity contribution in [2.24, 2.45) is 0 Å². The van der Waals surface area contributed by atoms with E-state index in [1.807, 2.05) is 42.5 Å². The Morgan fingerprint density at radius 3 is 1.39 bits per heavy atom. The molecule has 0 radical (unpaired) electrons. The van der Waals surface area contributed by atoms with Crippen molar-refractivity contribution in [3.05, 3.63) is 117 Å². The van der Waals surface area contributed by atoms with Gasteiger partial charge in [-0.2, -0.15) is 16.8 Å². The Morgan fingerprint density at radius 1 is 0.500 bits per heavy atom. The van der Waals surface area contributed by atoms with Crippen LogP contribution in [-0.2, 0) is 20.2 Å². The van der Waals surface area contributed by atoms with Crippen LogP contribution >= 0.6 is 0 Å². The quantitative estimate of drug-likeness (QED) is 0.0354. The fourth-order valence-corrected chi connectivity index (χ4v) is 12.2. The molecule has 0 atom stereocenters. The van der Waals surface area contributed by atoms with Crippen molar-refractivity contribution < 1.29 is 35.5 Å². The van der Waals surface area contributed by atoms with Crippen LogP contribution in [0.2, 0.25) is 0 Å². The molecule has 0 aliphatic carbocycles. The third-order valence-electron chi connectivity index (χ3n) is 14.3. The highest BCUT2D eigenvalue weighted by Gasteiger charge is 2.25. The molecule has 11 aromatic rings. The average Bonchev–Trinajstić information content (AvgIpc) is 3.99. The molecule has 0 bridgehead atoms. The van der Waals surface area contributed by atoms with Gasteiger partial charge in [0.15, 0.2) is 0 Å². The largest absolute Gasteiger partial charge is 0.351 e. The SMILES string of the molecule is CCCN(CCC)CCNC(=O)c1ccc2nc3c4ccc5c6ccc7c8c(ccc(c9ccc(c(=O)n3c2c1)c4c95)c68)c(=O)n1c2ccc(C(=O)NCCN(CCCS(=O)(=O)O)CCCS(=O)(=O)O)cc2nc71. The highest BCUT2D eigenvalue weighted by atomic mass is 32.2. The molecule has 4 aromatic heterocycles. The van der Waals surface area contributed by atoms with Crippen LogP contribution in [0.25, 0.3) is 98.0 Å². The van der Waals surface area contributed by atoms with Gasteiger partial charge in [-0.05, 0) is 145 Å². The van der Waals surface area contributed by atoms with Crippen LogP contribution in [0.5, 0.6) is 0 Å². The van der Waals surface area contributed by atoms with Crippen LogP contribution in [0.4, 0.5) is 0 Å². The normalized spacial score (nSPS) is 12.9. The predicted molar refractivity (Wildman–Crippen MR) is 290 cm³/mol. The molecule has 7 aromatic carbocycles. The van der Waals surface area contributed by atoms with E-state index in [0.29, 0.717) is 56.2 Å². The summed E-state index contributed by atoms with van der Waals surface area (Å²) in [4.78, 5) is 70.3. The number of carbonyl (C=O) groups is 2. The number of fused-ring (bicyclic) bond motifs is 10. The van der Waals surface area contributed by atoms with Crippen LogP contribution in [0, 0.1) is 0 Å². The molecule has 380 valence electrons. The summed E-state index contributed by atoms with van der Waals surface area (Å²) in [5.74, 6) is -1.62. The van der Waals surface area contributed by atoms with Crippen LogP contribution in [0.15, 0.2) is 94.5 Å². The Labute approximate surface area is 423 Å². The molecule has 18 nitrogen and oxygen atoms in total. The molecular weight excluding hydrogens is 985 g/mol. The summed E-state index contributed by atoms with van der Waals surface area (Å²) in [6.45, 7) is 8.23. The Morgan fingerprint density at radius 2 is 0.905 bits per heavy atom. The van der Waals surface area contributed by atoms with Gasteiger partial charge in [0.25, 0.3) is 43.2 Å². The summed E-state index contributed by atoms with van der Waals surface area (Å²) >= 11 is 0. The maximum atomic E-state index is 14.7. The van der Waals surface area contributed by atoms with E-state index in [4.69, 9.17) is 19.1 Å². The van der Waals surface area contributed by atoms with Crippen LogP contribution in [0.3, 0.4) is 0 Å². The molecule has 0 unspecified atom stereocenters. The fraction of sp³-hybridized carbons (Fsp3) is 0.296. The number of imidazole rings is 2. The van der Waals surface area contributed by atoms with E-state index in [-0.39, 0.29) is 61.6 Å². The first-order chi connectivity index (χ1) is 35.5. The van der Waals surface area contributed by atoms with Crippen molar-refractivity contribution in [3.8, 4) is 0 Å². The zero-order chi connectivity index (χ0) is 51.8. The van der Waals surface area contributed by atoms with Gasteiger partial charge in [-0.25, -0.2) is 9.97 Å². The van der Waals surface area contributed by atoms with Gasteiger partial charge >= 0.3 is 0 Å². The molecule has 4 N–H and O–H groups in total. The molecule has 11 rings (SSSR count). The predicted octanol–water partition coefficient (Wildman–Crippen LogP) is 6.68. The molecule has 0 fully saturated rings. The summed E-state index contributed by atoms with van der Waals surface area (Å²) in [6.07, 6.45) is 2.22. The van der Waals surface area contributed by atoms with Gasteiger partial charge in [-0.15, -0.1) is 0 Å². The smallest absolute Gasteiger partial charge is 0.264 e. The van der Waals surface area contributed by atoms with Crippen molar-refractivity contribution in [3.63, 3.8) is 0 Å². The Hall–Kier alpha value is -7.20. The summed E-state index contributed by atoms with van der Waals surface area (Å²) in [6, 6.07) is 25.9. The molecule has 20 heteroatoms. The lowest BCUT2D eigenvalue weighted by atomic mass is 9.86. The molecule has 0 aliphatic rings. The van der Waals surface area contributed by atoms with Gasteiger partial charge < -0.3 is 20.4 Å². The topological polar surface area (TPSA) is 242 Å². The molecule has 0 saturated heterocycles. The van der Waals surface area contributed by atoms with Crippen molar-refractivity contribution in [2.75, 3.05) is 63.9 Å². The number of carbonyl (C=O) groups excluding carboxylic acids is 2. The lowest BCUT2D eigenvalue weighted by molar-refractivity contribution is 0.0940. The van der Waals surface area contributed by atoms with Gasteiger partial charge in [-0.1, -0.05) is 38.1 Å². The van der Waals surface area contributed by atoms with E-state index in [0.717, 1.165) is 86.3 Å². The molecular formula is C54H52N8O10S2. The monoisotopic (exact) mass is 1040 g/mol. The Bertz CT molecular complexity index is 4360. The number of nitrogens with one attached hydrogen (secondary N) is 2. The van der Waals surface area contributed by atoms with Gasteiger partial charge in [0, 0.05) is 69.6 Å². The van der Waals surface area contributed by atoms with Crippen molar-refractivity contribution in [1.82, 2.24) is 39.2 Å². The zero-order valence-electron chi connectivity index (χ0n) is 40.6. The van der Waals surface area contributed by atoms with Crippen LogP contribution in [0.1, 0.15) is 60.2 Å². The lowest BCUT2D eigenvalue weighted by Gasteiger charge is -2.22. The van der Waals surface area contributed by atoms with E-state index in [2.05, 4.69) is 35.4 Å². The zero-order valence-corrected chi connectivity index (χ0v) is 42.3. The number of rotatable bonds is 20. The van der Waals surface area contributed by atoms with Crippen molar-refractivity contribution in [2.45, 2.75) is 39.5 Å². The standard InChI is InChI=1S/C54H52N8O10S2/c1-3-21-59(22-4-2)25-19-56-52(64)32-7-17-41-44(30-32)62-49(57-41)37-13-9-33-34-10-14-38-48-39(15-11-35(46(34)48)36-12-16-40(54(62)66)47(37)45(33)36)53(65)61-43-18-8-31(29-42(43)58-50(38)61)51(63)55-20-26-60(23-5-27-73(67,68)69)24-6-28-74(70,71)72/h7-18,29-30H,3-6,19-28H2,1-2H3,(H,55,63)(H,56,64)(H,67,68,69)(H,70,71,72). The van der Waals surface area contributed by atoms with E-state index in [1.54, 1.807) is 50.1 Å². The van der Waals surface area contributed by atoms with Gasteiger partial charge in [0.1, 0.15) is 11.3 Å². The first-order valence-electron chi connectivity index (χ1n) is 24.8. The molecule has 0 spiro atoms. The summed E-state index contributed by atoms with van der Waals surface area (Å²) in [7, 11) is -8.41. The molecule has 74 heavy (non-hydrogen) atoms. The number of benzene rings is 7. The summed E-state index contributed by atoms with van der Waals surface area (Å²) in [5.41, 5.74) is 3.24. The summed E-state index contributed by atoms with van der Waals surface area (Å²) in [5, 5.41) is 15.4. The average molecular weight is 1040 g/mol. The minimum absolute atomic E-state index is 0.0712. The first-order valence-corrected chi connectivity index (χ1v) is 28.0. The maximum absolute atomic E-state index is 14.7. The number of amides is 2. The fourth-order valence-electron chi connectivity index (χ4n) is 11.2. The van der Waals surface area contributed by atoms with Gasteiger partial charge in [-0.3, -0.25) is 37.1 Å². The second kappa shape index (κ2) is 18.9. The molecule has 2 amide bonds. The van der Waals surface area contributed by atoms with Crippen LogP contribution in [-0.4, -0.2) is 130 Å². The molecule has 0 saturated carbocycles. The minimum atomic E-state index is -4.21. The van der Waals surface area contributed by atoms with Crippen LogP contribution < -0.4 is 21.8 Å². The van der Waals surface area contributed by atoms with E-state index >= 15 is 0 Å². The molecule has 0 aliphatic heterocycles. The highest BCUT2D eigenvalue weighted by molar-refractivity contribution is 7.86. The van der Waals surface area contributed by atoms with Gasteiger partial charge in [0.2, 0.25) is 0 Å². The van der Waals surface area contributed by atoms with E-state index in [1.165, 1.54) is 0 Å². The Kier molecular flexibility index (Phi) is 12.5. The second-order valence-electron chi connectivity index (χ2n) is 19.2. The molecule has 4 heterocycles. The first kappa shape index (κ1) is 49.0. The maximum Gasteiger partial charge on any atom is 0.264 e. The minimum Gasteiger partial charge on any atom is -0.351 e. The third kappa shape index (κ3) is 8.63. The number of hydrogen-bond acceptors (Lipinski definition) is 12.